The number of carboxylic acids is 1. The van der Waals surface area contributed by atoms with Gasteiger partial charge in [0.15, 0.2) is 0 Å². The fraction of sp³-hybridized carbons (Fsp3) is 0.818. The van der Waals surface area contributed by atoms with Crippen LogP contribution in [0.5, 0.6) is 0 Å². The lowest BCUT2D eigenvalue weighted by molar-refractivity contribution is -0.142. The van der Waals surface area contributed by atoms with Crippen LogP contribution in [0.4, 0.5) is 4.79 Å². The monoisotopic (exact) mass is 261 g/mol. The third-order valence-electron chi connectivity index (χ3n) is 2.69. The number of ether oxygens (including phenoxy) is 1. The molecule has 0 bridgehead atoms. The molecule has 7 nitrogen and oxygen atoms in total. The number of nitrogens with one attached hydrogen (secondary N) is 1. The van der Waals surface area contributed by atoms with Crippen LogP contribution in [0.3, 0.4) is 0 Å². The Bertz CT molecular complexity index is 337. The van der Waals surface area contributed by atoms with E-state index >= 15 is 0 Å². The first-order chi connectivity index (χ1) is 8.11. The van der Waals surface area contributed by atoms with Crippen LogP contribution in [-0.4, -0.2) is 51.2 Å². The Hall–Kier alpha value is -1.34. The average molecular weight is 261 g/mol. The van der Waals surface area contributed by atoms with Crippen molar-refractivity contribution in [2.45, 2.75) is 51.0 Å². The van der Waals surface area contributed by atoms with Gasteiger partial charge < -0.3 is 25.4 Å². The standard InChI is InChI=1S/C11H19NO6/c1-11(2,3)18-10(17)12-7-5(9(15)16)4-6(13)8(7)14/h5-8,13-14H,4H2,1-3H3,(H,12,17)(H,15,16)/t5-,6-,7+,8-/m0/s1. The number of aliphatic carboxylic acids is 1. The van der Waals surface area contributed by atoms with E-state index in [1.165, 1.54) is 0 Å². The van der Waals surface area contributed by atoms with Crippen molar-refractivity contribution in [1.82, 2.24) is 5.32 Å². The molecule has 0 aromatic carbocycles. The zero-order chi connectivity index (χ0) is 14.1. The summed E-state index contributed by atoms with van der Waals surface area (Å²) in [4.78, 5) is 22.5. The number of amides is 1. The zero-order valence-corrected chi connectivity index (χ0v) is 10.6. The number of carboxylic acid groups (broad SMARTS) is 1. The van der Waals surface area contributed by atoms with E-state index in [4.69, 9.17) is 9.84 Å². The second kappa shape index (κ2) is 5.11. The van der Waals surface area contributed by atoms with Crippen LogP contribution < -0.4 is 5.32 Å². The predicted octanol–water partition coefficient (Wildman–Crippen LogP) is -0.294. The van der Waals surface area contributed by atoms with Crippen molar-refractivity contribution in [3.05, 3.63) is 0 Å². The number of aliphatic hydroxyl groups excluding tert-OH is 2. The van der Waals surface area contributed by atoms with Crippen LogP contribution in [-0.2, 0) is 9.53 Å². The van der Waals surface area contributed by atoms with E-state index in [0.717, 1.165) is 0 Å². The summed E-state index contributed by atoms with van der Waals surface area (Å²) in [6.07, 6.45) is -3.38. The summed E-state index contributed by atoms with van der Waals surface area (Å²) in [6.45, 7) is 5.00. The van der Waals surface area contributed by atoms with Crippen LogP contribution in [0.1, 0.15) is 27.2 Å². The van der Waals surface area contributed by atoms with Gasteiger partial charge in [-0.05, 0) is 27.2 Å². The van der Waals surface area contributed by atoms with Gasteiger partial charge in [0.05, 0.1) is 18.1 Å². The molecule has 104 valence electrons. The normalized spacial score (nSPS) is 32.1. The molecule has 0 saturated heterocycles. The predicted molar refractivity (Wildman–Crippen MR) is 60.9 cm³/mol. The summed E-state index contributed by atoms with van der Waals surface area (Å²) >= 11 is 0. The molecule has 18 heavy (non-hydrogen) atoms. The molecule has 1 amide bonds. The van der Waals surface area contributed by atoms with Gasteiger partial charge >= 0.3 is 12.1 Å². The lowest BCUT2D eigenvalue weighted by Gasteiger charge is -2.25. The van der Waals surface area contributed by atoms with Crippen LogP contribution in [0, 0.1) is 5.92 Å². The Kier molecular flexibility index (Phi) is 4.18. The van der Waals surface area contributed by atoms with E-state index in [1.807, 2.05) is 0 Å². The van der Waals surface area contributed by atoms with Crippen molar-refractivity contribution in [3.8, 4) is 0 Å². The number of hydrogen-bond donors (Lipinski definition) is 4. The maximum atomic E-state index is 11.5. The highest BCUT2D eigenvalue weighted by atomic mass is 16.6. The Labute approximate surface area is 105 Å². The van der Waals surface area contributed by atoms with Crippen molar-refractivity contribution >= 4 is 12.1 Å². The molecule has 0 aromatic rings. The van der Waals surface area contributed by atoms with Gasteiger partial charge in [-0.2, -0.15) is 0 Å². The first-order valence-electron chi connectivity index (χ1n) is 5.70. The highest BCUT2D eigenvalue weighted by molar-refractivity contribution is 5.74. The number of aliphatic hydroxyl groups is 2. The van der Waals surface area contributed by atoms with E-state index in [-0.39, 0.29) is 6.42 Å². The summed E-state index contributed by atoms with van der Waals surface area (Å²) in [5.41, 5.74) is -0.717. The molecule has 7 heteroatoms. The molecule has 1 fully saturated rings. The average Bonchev–Trinajstić information content (AvgIpc) is 2.43. The van der Waals surface area contributed by atoms with E-state index < -0.39 is 41.8 Å². The minimum absolute atomic E-state index is 0.100. The minimum atomic E-state index is -1.31. The van der Waals surface area contributed by atoms with E-state index in [0.29, 0.717) is 0 Å². The Morgan fingerprint density at radius 1 is 1.28 bits per heavy atom. The third-order valence-corrected chi connectivity index (χ3v) is 2.69. The lowest BCUT2D eigenvalue weighted by Crippen LogP contribution is -2.49. The first kappa shape index (κ1) is 14.7. The maximum absolute atomic E-state index is 11.5. The SMILES string of the molecule is CC(C)(C)OC(=O)N[C@H]1[C@@H](O)[C@@H](O)C[C@@H]1C(=O)O. The summed E-state index contributed by atoms with van der Waals surface area (Å²) in [6, 6.07) is -1.05. The van der Waals surface area contributed by atoms with Gasteiger partial charge in [-0.3, -0.25) is 4.79 Å². The molecule has 0 aromatic heterocycles. The number of carbonyl (C=O) groups excluding carboxylic acids is 1. The molecular formula is C11H19NO6. The molecule has 0 radical (unpaired) electrons. The zero-order valence-electron chi connectivity index (χ0n) is 10.6. The molecule has 0 heterocycles. The van der Waals surface area contributed by atoms with Crippen LogP contribution >= 0.6 is 0 Å². The molecule has 1 aliphatic rings. The van der Waals surface area contributed by atoms with Crippen molar-refractivity contribution in [3.63, 3.8) is 0 Å². The Balaban J connectivity index is 2.69. The third kappa shape index (κ3) is 3.58. The van der Waals surface area contributed by atoms with Crippen molar-refractivity contribution in [2.75, 3.05) is 0 Å². The molecule has 1 saturated carbocycles. The van der Waals surface area contributed by atoms with Crippen molar-refractivity contribution in [1.29, 1.82) is 0 Å². The molecule has 4 N–H and O–H groups in total. The second-order valence-electron chi connectivity index (χ2n) is 5.41. The van der Waals surface area contributed by atoms with Gasteiger partial charge in [-0.25, -0.2) is 4.79 Å². The van der Waals surface area contributed by atoms with Gasteiger partial charge in [0.1, 0.15) is 11.7 Å². The lowest BCUT2D eigenvalue weighted by atomic mass is 10.0. The highest BCUT2D eigenvalue weighted by Crippen LogP contribution is 2.27. The fourth-order valence-corrected chi connectivity index (χ4v) is 1.91. The van der Waals surface area contributed by atoms with E-state index in [2.05, 4.69) is 5.32 Å². The number of rotatable bonds is 2. The summed E-state index contributed by atoms with van der Waals surface area (Å²) in [5.74, 6) is -2.20. The van der Waals surface area contributed by atoms with Crippen molar-refractivity contribution < 1.29 is 29.6 Å². The van der Waals surface area contributed by atoms with Gasteiger partial charge in [0, 0.05) is 0 Å². The Morgan fingerprint density at radius 3 is 2.28 bits per heavy atom. The van der Waals surface area contributed by atoms with Gasteiger partial charge in [0.2, 0.25) is 0 Å². The molecule has 1 aliphatic carbocycles. The molecule has 0 spiro atoms. The minimum Gasteiger partial charge on any atom is -0.481 e. The second-order valence-corrected chi connectivity index (χ2v) is 5.41. The summed E-state index contributed by atoms with van der Waals surface area (Å²) in [7, 11) is 0. The van der Waals surface area contributed by atoms with Gasteiger partial charge in [0.25, 0.3) is 0 Å². The quantitative estimate of drug-likeness (QED) is 0.542. The Morgan fingerprint density at radius 2 is 1.83 bits per heavy atom. The molecule has 1 rings (SSSR count). The van der Waals surface area contributed by atoms with Crippen LogP contribution in [0.15, 0.2) is 0 Å². The summed E-state index contributed by atoms with van der Waals surface area (Å²) in [5, 5.41) is 30.3. The number of carbonyl (C=O) groups is 2. The molecule has 0 unspecified atom stereocenters. The molecular weight excluding hydrogens is 242 g/mol. The van der Waals surface area contributed by atoms with Crippen LogP contribution in [0.25, 0.3) is 0 Å². The number of hydrogen-bond acceptors (Lipinski definition) is 5. The highest BCUT2D eigenvalue weighted by Gasteiger charge is 2.46. The largest absolute Gasteiger partial charge is 0.481 e. The summed E-state index contributed by atoms with van der Waals surface area (Å²) < 4.78 is 4.98. The van der Waals surface area contributed by atoms with Crippen molar-refractivity contribution in [2.24, 2.45) is 5.92 Å². The van der Waals surface area contributed by atoms with Gasteiger partial charge in [-0.15, -0.1) is 0 Å². The first-order valence-corrected chi connectivity index (χ1v) is 5.70. The fourth-order valence-electron chi connectivity index (χ4n) is 1.91. The van der Waals surface area contributed by atoms with E-state index in [9.17, 15) is 19.8 Å². The maximum Gasteiger partial charge on any atom is 0.407 e. The molecule has 4 atom stereocenters. The topological polar surface area (TPSA) is 116 Å². The smallest absolute Gasteiger partial charge is 0.407 e. The molecule has 0 aliphatic heterocycles. The van der Waals surface area contributed by atoms with Crippen LogP contribution in [0.2, 0.25) is 0 Å². The number of alkyl carbamates (subject to hydrolysis) is 1. The van der Waals surface area contributed by atoms with E-state index in [1.54, 1.807) is 20.8 Å². The van der Waals surface area contributed by atoms with Gasteiger partial charge in [-0.1, -0.05) is 0 Å².